The Hall–Kier alpha value is -3.43. The number of fused-ring (bicyclic) bond motifs is 1. The van der Waals surface area contributed by atoms with Crippen molar-refractivity contribution in [2.24, 2.45) is 0 Å². The van der Waals surface area contributed by atoms with Gasteiger partial charge >= 0.3 is 12.1 Å². The van der Waals surface area contributed by atoms with E-state index in [2.05, 4.69) is 9.72 Å². The first-order valence-electron chi connectivity index (χ1n) is 7.12. The number of hydrogen-bond donors (Lipinski definition) is 0. The zero-order valence-corrected chi connectivity index (χ0v) is 12.8. The van der Waals surface area contributed by atoms with Crippen LogP contribution in [0.4, 0.5) is 13.2 Å². The van der Waals surface area contributed by atoms with Crippen LogP contribution in [0.1, 0.15) is 31.1 Å². The second-order valence-electron chi connectivity index (χ2n) is 5.09. The summed E-state index contributed by atoms with van der Waals surface area (Å²) in [5.74, 6) is -3.61. The Bertz CT molecular complexity index is 862. The van der Waals surface area contributed by atoms with Crippen molar-refractivity contribution in [3.8, 4) is 5.88 Å². The van der Waals surface area contributed by atoms with Crippen LogP contribution in [0.25, 0.3) is 0 Å². The van der Waals surface area contributed by atoms with E-state index in [4.69, 9.17) is 4.84 Å². The van der Waals surface area contributed by atoms with Gasteiger partial charge < -0.3 is 9.57 Å². The number of imide groups is 1. The SMILES string of the molecule is O=C(ON1C(=O)c2ccccc2C1=O)c1cccnc1OCC(F)(F)F. The molecule has 2 amide bonds. The molecule has 0 fully saturated rings. The molecule has 7 nitrogen and oxygen atoms in total. The maximum absolute atomic E-state index is 12.3. The van der Waals surface area contributed by atoms with E-state index in [1.807, 2.05) is 0 Å². The van der Waals surface area contributed by atoms with E-state index >= 15 is 0 Å². The van der Waals surface area contributed by atoms with Crippen molar-refractivity contribution in [1.82, 2.24) is 10.0 Å². The fourth-order valence-corrected chi connectivity index (χ4v) is 2.19. The topological polar surface area (TPSA) is 85.8 Å². The third kappa shape index (κ3) is 3.34. The summed E-state index contributed by atoms with van der Waals surface area (Å²) in [5.41, 5.74) is -0.372. The number of amides is 2. The first kappa shape index (κ1) is 17.4. The number of rotatable bonds is 4. The van der Waals surface area contributed by atoms with Gasteiger partial charge in [0.15, 0.2) is 6.61 Å². The summed E-state index contributed by atoms with van der Waals surface area (Å²) in [6, 6.07) is 8.17. The molecule has 0 N–H and O–H groups in total. The van der Waals surface area contributed by atoms with E-state index in [9.17, 15) is 27.6 Å². The molecule has 0 spiro atoms. The Morgan fingerprint density at radius 1 is 1.04 bits per heavy atom. The highest BCUT2D eigenvalue weighted by atomic mass is 19.4. The predicted octanol–water partition coefficient (Wildman–Crippen LogP) is 2.39. The molecule has 10 heteroatoms. The van der Waals surface area contributed by atoms with Crippen molar-refractivity contribution in [1.29, 1.82) is 0 Å². The lowest BCUT2D eigenvalue weighted by Crippen LogP contribution is -2.33. The third-order valence-electron chi connectivity index (χ3n) is 3.29. The lowest BCUT2D eigenvalue weighted by Gasteiger charge is -2.14. The highest BCUT2D eigenvalue weighted by molar-refractivity contribution is 6.21. The molecule has 1 aliphatic rings. The number of carbonyl (C=O) groups excluding carboxylic acids is 3. The molecule has 0 radical (unpaired) electrons. The number of halogens is 3. The molecule has 26 heavy (non-hydrogen) atoms. The number of aromatic nitrogens is 1. The average molecular weight is 366 g/mol. The smallest absolute Gasteiger partial charge is 0.422 e. The molecule has 2 heterocycles. The Morgan fingerprint density at radius 3 is 2.23 bits per heavy atom. The third-order valence-corrected chi connectivity index (χ3v) is 3.29. The molecule has 0 atom stereocenters. The van der Waals surface area contributed by atoms with Crippen LogP contribution in [0.2, 0.25) is 0 Å². The number of hydroxylamine groups is 2. The molecule has 3 rings (SSSR count). The molecule has 1 aromatic carbocycles. The minimum absolute atomic E-state index is 0.0463. The summed E-state index contributed by atoms with van der Waals surface area (Å²) < 4.78 is 41.3. The molecular weight excluding hydrogens is 357 g/mol. The van der Waals surface area contributed by atoms with Crippen LogP contribution in [-0.2, 0) is 4.84 Å². The molecule has 134 valence electrons. The number of ether oxygens (including phenoxy) is 1. The Morgan fingerprint density at radius 2 is 1.65 bits per heavy atom. The maximum atomic E-state index is 12.3. The van der Waals surface area contributed by atoms with Gasteiger partial charge in [0.25, 0.3) is 11.8 Å². The summed E-state index contributed by atoms with van der Waals surface area (Å²) >= 11 is 0. The lowest BCUT2D eigenvalue weighted by molar-refractivity contribution is -0.154. The number of alkyl halides is 3. The van der Waals surface area contributed by atoms with Crippen molar-refractivity contribution >= 4 is 17.8 Å². The Kier molecular flexibility index (Phi) is 4.33. The fourth-order valence-electron chi connectivity index (χ4n) is 2.19. The van der Waals surface area contributed by atoms with Gasteiger partial charge in [0, 0.05) is 6.20 Å². The quantitative estimate of drug-likeness (QED) is 0.773. The number of pyridine rings is 1. The predicted molar refractivity (Wildman–Crippen MR) is 78.1 cm³/mol. The molecule has 0 saturated heterocycles. The van der Waals surface area contributed by atoms with E-state index < -0.39 is 42.0 Å². The zero-order chi connectivity index (χ0) is 18.9. The van der Waals surface area contributed by atoms with Crippen LogP contribution in [0.3, 0.4) is 0 Å². The molecule has 1 aromatic heterocycles. The largest absolute Gasteiger partial charge is 0.467 e. The summed E-state index contributed by atoms with van der Waals surface area (Å²) in [5, 5.41) is 0.244. The molecular formula is C16H9F3N2O5. The van der Waals surface area contributed by atoms with Gasteiger partial charge in [-0.15, -0.1) is 0 Å². The van der Waals surface area contributed by atoms with Crippen LogP contribution < -0.4 is 4.74 Å². The highest BCUT2D eigenvalue weighted by Crippen LogP contribution is 2.25. The van der Waals surface area contributed by atoms with Crippen LogP contribution in [0.5, 0.6) is 5.88 Å². The molecule has 0 saturated carbocycles. The van der Waals surface area contributed by atoms with Crippen LogP contribution >= 0.6 is 0 Å². The highest BCUT2D eigenvalue weighted by Gasteiger charge is 2.39. The molecule has 0 bridgehead atoms. The Labute approximate surface area is 143 Å². The molecule has 2 aromatic rings. The minimum atomic E-state index is -4.64. The van der Waals surface area contributed by atoms with Crippen molar-refractivity contribution in [3.63, 3.8) is 0 Å². The van der Waals surface area contributed by atoms with Gasteiger partial charge in [0.1, 0.15) is 5.56 Å². The van der Waals surface area contributed by atoms with Crippen molar-refractivity contribution < 1.29 is 37.1 Å². The molecule has 1 aliphatic heterocycles. The number of nitrogens with zero attached hydrogens (tertiary/aromatic N) is 2. The van der Waals surface area contributed by atoms with E-state index in [1.165, 1.54) is 30.3 Å². The molecule has 0 unspecified atom stereocenters. The maximum Gasteiger partial charge on any atom is 0.422 e. The number of carbonyl (C=O) groups is 3. The van der Waals surface area contributed by atoms with Gasteiger partial charge in [-0.25, -0.2) is 9.78 Å². The zero-order valence-electron chi connectivity index (χ0n) is 12.8. The van der Waals surface area contributed by atoms with E-state index in [0.29, 0.717) is 0 Å². The summed E-state index contributed by atoms with van der Waals surface area (Å²) in [7, 11) is 0. The average Bonchev–Trinajstić information content (AvgIpc) is 2.85. The van der Waals surface area contributed by atoms with Gasteiger partial charge in [-0.3, -0.25) is 9.59 Å². The van der Waals surface area contributed by atoms with E-state index in [-0.39, 0.29) is 16.2 Å². The van der Waals surface area contributed by atoms with E-state index in [1.54, 1.807) is 0 Å². The number of hydrogen-bond acceptors (Lipinski definition) is 6. The fraction of sp³-hybridized carbons (Fsp3) is 0.125. The Balaban J connectivity index is 1.80. The van der Waals surface area contributed by atoms with Gasteiger partial charge in [0.05, 0.1) is 11.1 Å². The van der Waals surface area contributed by atoms with Crippen molar-refractivity contribution in [2.75, 3.05) is 6.61 Å². The van der Waals surface area contributed by atoms with Gasteiger partial charge in [-0.05, 0) is 24.3 Å². The standard InChI is InChI=1S/C16H9F3N2O5/c17-16(18,19)8-25-12-11(6-3-7-20-12)15(24)26-21-13(22)9-4-1-2-5-10(9)14(21)23/h1-7H,8H2. The van der Waals surface area contributed by atoms with Gasteiger partial charge in [-0.1, -0.05) is 17.2 Å². The first-order chi connectivity index (χ1) is 12.3. The summed E-state index contributed by atoms with van der Waals surface area (Å²) in [6.07, 6.45) is -3.52. The first-order valence-corrected chi connectivity index (χ1v) is 7.12. The van der Waals surface area contributed by atoms with Crippen molar-refractivity contribution in [2.45, 2.75) is 6.18 Å². The van der Waals surface area contributed by atoms with Crippen LogP contribution in [0, 0.1) is 0 Å². The monoisotopic (exact) mass is 366 g/mol. The summed E-state index contributed by atoms with van der Waals surface area (Å²) in [6.45, 7) is -1.67. The van der Waals surface area contributed by atoms with Crippen molar-refractivity contribution in [3.05, 3.63) is 59.3 Å². The second kappa shape index (κ2) is 6.47. The second-order valence-corrected chi connectivity index (χ2v) is 5.09. The minimum Gasteiger partial charge on any atom is -0.467 e. The summed E-state index contributed by atoms with van der Waals surface area (Å²) in [4.78, 5) is 44.8. The van der Waals surface area contributed by atoms with E-state index in [0.717, 1.165) is 12.3 Å². The van der Waals surface area contributed by atoms with Crippen LogP contribution in [0.15, 0.2) is 42.6 Å². The normalized spacial score (nSPS) is 13.6. The molecule has 0 aliphatic carbocycles. The van der Waals surface area contributed by atoms with Crippen LogP contribution in [-0.4, -0.2) is 40.6 Å². The lowest BCUT2D eigenvalue weighted by atomic mass is 10.1. The van der Waals surface area contributed by atoms with Gasteiger partial charge in [-0.2, -0.15) is 13.2 Å². The number of benzene rings is 1. The van der Waals surface area contributed by atoms with Gasteiger partial charge in [0.2, 0.25) is 5.88 Å².